The molecular formula is C9H13N3O3S. The maximum atomic E-state index is 11.4. The summed E-state index contributed by atoms with van der Waals surface area (Å²) >= 11 is 1.26. The first-order valence-electron chi connectivity index (χ1n) is 4.77. The molecule has 0 fully saturated rings. The quantitative estimate of drug-likeness (QED) is 0.613. The maximum Gasteiger partial charge on any atom is 0.320 e. The number of hydrogen-bond acceptors (Lipinski definition) is 5. The van der Waals surface area contributed by atoms with Gasteiger partial charge >= 0.3 is 5.97 Å². The van der Waals surface area contributed by atoms with Crippen LogP contribution in [0.2, 0.25) is 0 Å². The molecule has 1 amide bonds. The van der Waals surface area contributed by atoms with Gasteiger partial charge in [0, 0.05) is 18.1 Å². The van der Waals surface area contributed by atoms with E-state index in [1.54, 1.807) is 11.6 Å². The SMILES string of the molecule is NC(CCCNC(=O)c1nccs1)C(=O)O. The van der Waals surface area contributed by atoms with Crippen LogP contribution >= 0.6 is 11.3 Å². The van der Waals surface area contributed by atoms with Gasteiger partial charge in [0.2, 0.25) is 0 Å². The van der Waals surface area contributed by atoms with Crippen molar-refractivity contribution in [2.45, 2.75) is 18.9 Å². The molecule has 0 spiro atoms. The molecule has 4 N–H and O–H groups in total. The topological polar surface area (TPSA) is 105 Å². The summed E-state index contributed by atoms with van der Waals surface area (Å²) in [6.45, 7) is 0.402. The zero-order valence-corrected chi connectivity index (χ0v) is 9.37. The molecule has 6 nitrogen and oxygen atoms in total. The van der Waals surface area contributed by atoms with Gasteiger partial charge in [-0.2, -0.15) is 0 Å². The Kier molecular flexibility index (Phi) is 4.87. The number of rotatable bonds is 6. The molecule has 0 aliphatic carbocycles. The largest absolute Gasteiger partial charge is 0.480 e. The Labute approximate surface area is 96.5 Å². The summed E-state index contributed by atoms with van der Waals surface area (Å²) in [6, 6.07) is -0.864. The lowest BCUT2D eigenvalue weighted by Gasteiger charge is -2.06. The number of nitrogens with two attached hydrogens (primary N) is 1. The molecule has 0 saturated heterocycles. The number of amides is 1. The average Bonchev–Trinajstić information content (AvgIpc) is 2.76. The fraction of sp³-hybridized carbons (Fsp3) is 0.444. The number of carbonyl (C=O) groups is 2. The Hall–Kier alpha value is -1.47. The van der Waals surface area contributed by atoms with Gasteiger partial charge < -0.3 is 16.2 Å². The van der Waals surface area contributed by atoms with Crippen LogP contribution in [0, 0.1) is 0 Å². The second kappa shape index (κ2) is 6.19. The molecule has 1 heterocycles. The van der Waals surface area contributed by atoms with E-state index < -0.39 is 12.0 Å². The maximum absolute atomic E-state index is 11.4. The van der Waals surface area contributed by atoms with Crippen molar-refractivity contribution in [3.05, 3.63) is 16.6 Å². The van der Waals surface area contributed by atoms with Crippen LogP contribution in [0.25, 0.3) is 0 Å². The van der Waals surface area contributed by atoms with Crippen LogP contribution < -0.4 is 11.1 Å². The number of aromatic nitrogens is 1. The molecule has 0 saturated carbocycles. The molecule has 0 radical (unpaired) electrons. The third-order valence-corrected chi connectivity index (χ3v) is 2.69. The van der Waals surface area contributed by atoms with Crippen LogP contribution in [0.3, 0.4) is 0 Å². The summed E-state index contributed by atoms with van der Waals surface area (Å²) in [5.74, 6) is -1.26. The number of carboxylic acid groups (broad SMARTS) is 1. The average molecular weight is 243 g/mol. The molecule has 1 rings (SSSR count). The summed E-state index contributed by atoms with van der Waals surface area (Å²) in [5.41, 5.74) is 5.31. The standard InChI is InChI=1S/C9H13N3O3S/c10-6(9(14)15)2-1-3-11-7(13)8-12-4-5-16-8/h4-6H,1-3,10H2,(H,11,13)(H,14,15). The number of carboxylic acids is 1. The number of hydrogen-bond donors (Lipinski definition) is 3. The van der Waals surface area contributed by atoms with Gasteiger partial charge in [-0.15, -0.1) is 11.3 Å². The first kappa shape index (κ1) is 12.6. The van der Waals surface area contributed by atoms with Crippen LogP contribution in [0.4, 0.5) is 0 Å². The van der Waals surface area contributed by atoms with Crippen molar-refractivity contribution in [1.29, 1.82) is 0 Å². The van der Waals surface area contributed by atoms with Gasteiger partial charge in [-0.25, -0.2) is 4.98 Å². The van der Waals surface area contributed by atoms with E-state index in [2.05, 4.69) is 10.3 Å². The van der Waals surface area contributed by atoms with Gasteiger partial charge in [-0.05, 0) is 12.8 Å². The molecule has 1 atom stereocenters. The van der Waals surface area contributed by atoms with Gasteiger partial charge in [0.15, 0.2) is 5.01 Å². The monoisotopic (exact) mass is 243 g/mol. The molecular weight excluding hydrogens is 230 g/mol. The fourth-order valence-corrected chi connectivity index (χ4v) is 1.61. The zero-order valence-electron chi connectivity index (χ0n) is 8.55. The van der Waals surface area contributed by atoms with Crippen molar-refractivity contribution in [2.24, 2.45) is 5.73 Å². The molecule has 16 heavy (non-hydrogen) atoms. The Balaban J connectivity index is 2.17. The van der Waals surface area contributed by atoms with Crippen LogP contribution in [0.5, 0.6) is 0 Å². The molecule has 7 heteroatoms. The Morgan fingerprint density at radius 1 is 1.62 bits per heavy atom. The third-order valence-electron chi connectivity index (χ3n) is 1.92. The van der Waals surface area contributed by atoms with E-state index >= 15 is 0 Å². The molecule has 1 unspecified atom stereocenters. The lowest BCUT2D eigenvalue weighted by atomic mass is 10.2. The van der Waals surface area contributed by atoms with E-state index in [0.717, 1.165) is 0 Å². The van der Waals surface area contributed by atoms with E-state index in [1.165, 1.54) is 11.3 Å². The van der Waals surface area contributed by atoms with Crippen molar-refractivity contribution < 1.29 is 14.7 Å². The molecule has 0 aliphatic heterocycles. The van der Waals surface area contributed by atoms with E-state index in [9.17, 15) is 9.59 Å². The van der Waals surface area contributed by atoms with E-state index in [4.69, 9.17) is 10.8 Å². The summed E-state index contributed by atoms with van der Waals surface area (Å²) < 4.78 is 0. The Morgan fingerprint density at radius 2 is 2.38 bits per heavy atom. The smallest absolute Gasteiger partial charge is 0.320 e. The van der Waals surface area contributed by atoms with Crippen LogP contribution in [0.15, 0.2) is 11.6 Å². The predicted octanol–water partition coefficient (Wildman–Crippen LogP) is 0.0650. The number of nitrogens with one attached hydrogen (secondary N) is 1. The molecule has 1 aromatic rings. The first-order chi connectivity index (χ1) is 7.61. The van der Waals surface area contributed by atoms with Crippen molar-refractivity contribution in [3.8, 4) is 0 Å². The highest BCUT2D eigenvalue weighted by Crippen LogP contribution is 2.03. The number of aliphatic carboxylic acids is 1. The van der Waals surface area contributed by atoms with E-state index in [1.807, 2.05) is 0 Å². The van der Waals surface area contributed by atoms with Gasteiger partial charge in [-0.3, -0.25) is 9.59 Å². The van der Waals surface area contributed by atoms with Crippen LogP contribution in [0.1, 0.15) is 22.6 Å². The van der Waals surface area contributed by atoms with Crippen molar-refractivity contribution in [1.82, 2.24) is 10.3 Å². The van der Waals surface area contributed by atoms with Crippen molar-refractivity contribution >= 4 is 23.2 Å². The summed E-state index contributed by atoms with van der Waals surface area (Å²) in [7, 11) is 0. The normalized spacial score (nSPS) is 12.1. The molecule has 0 aliphatic rings. The van der Waals surface area contributed by atoms with Gasteiger partial charge in [-0.1, -0.05) is 0 Å². The predicted molar refractivity (Wildman–Crippen MR) is 59.3 cm³/mol. The fourth-order valence-electron chi connectivity index (χ4n) is 1.06. The number of carbonyl (C=O) groups excluding carboxylic acids is 1. The summed E-state index contributed by atoms with van der Waals surface area (Å²) in [4.78, 5) is 25.6. The van der Waals surface area contributed by atoms with Crippen molar-refractivity contribution in [2.75, 3.05) is 6.54 Å². The minimum Gasteiger partial charge on any atom is -0.480 e. The minimum atomic E-state index is -1.02. The van der Waals surface area contributed by atoms with Crippen LogP contribution in [-0.2, 0) is 4.79 Å². The molecule has 88 valence electrons. The highest BCUT2D eigenvalue weighted by Gasteiger charge is 2.11. The minimum absolute atomic E-state index is 0.237. The van der Waals surface area contributed by atoms with Gasteiger partial charge in [0.1, 0.15) is 6.04 Å². The van der Waals surface area contributed by atoms with E-state index in [-0.39, 0.29) is 5.91 Å². The number of nitrogens with zero attached hydrogens (tertiary/aromatic N) is 1. The van der Waals surface area contributed by atoms with Gasteiger partial charge in [0.05, 0.1) is 0 Å². The zero-order chi connectivity index (χ0) is 12.0. The Bertz CT molecular complexity index is 353. The van der Waals surface area contributed by atoms with Crippen molar-refractivity contribution in [3.63, 3.8) is 0 Å². The van der Waals surface area contributed by atoms with Gasteiger partial charge in [0.25, 0.3) is 5.91 Å². The third kappa shape index (κ3) is 3.95. The summed E-state index contributed by atoms with van der Waals surface area (Å²) in [5, 5.41) is 13.3. The molecule has 0 aromatic carbocycles. The van der Waals surface area contributed by atoms with E-state index in [0.29, 0.717) is 24.4 Å². The second-order valence-electron chi connectivity index (χ2n) is 3.18. The lowest BCUT2D eigenvalue weighted by molar-refractivity contribution is -0.138. The summed E-state index contributed by atoms with van der Waals surface area (Å²) in [6.07, 6.45) is 2.43. The highest BCUT2D eigenvalue weighted by molar-refractivity contribution is 7.11. The van der Waals surface area contributed by atoms with Crippen LogP contribution in [-0.4, -0.2) is 34.6 Å². The highest BCUT2D eigenvalue weighted by atomic mass is 32.1. The second-order valence-corrected chi connectivity index (χ2v) is 4.07. The Morgan fingerprint density at radius 3 is 2.94 bits per heavy atom. The molecule has 1 aromatic heterocycles. The molecule has 0 bridgehead atoms. The lowest BCUT2D eigenvalue weighted by Crippen LogP contribution is -2.32. The number of thiazole rings is 1. The first-order valence-corrected chi connectivity index (χ1v) is 5.65.